The second kappa shape index (κ2) is 10.8. The molecule has 1 atom stereocenters. The Morgan fingerprint density at radius 1 is 1.14 bits per heavy atom. The van der Waals surface area contributed by atoms with Crippen molar-refractivity contribution in [2.45, 2.75) is 58.6 Å². The van der Waals surface area contributed by atoms with Gasteiger partial charge in [-0.15, -0.1) is 11.3 Å². The first-order chi connectivity index (χ1) is 17.5. The third-order valence-electron chi connectivity index (χ3n) is 7.21. The third-order valence-corrected chi connectivity index (χ3v) is 8.03. The fraction of sp³-hybridized carbons (Fsp3) is 0.414. The summed E-state index contributed by atoms with van der Waals surface area (Å²) in [6.45, 7) is 5.57. The highest BCUT2D eigenvalue weighted by Gasteiger charge is 2.36. The van der Waals surface area contributed by atoms with Gasteiger partial charge < -0.3 is 15.0 Å². The molecule has 1 aromatic heterocycles. The van der Waals surface area contributed by atoms with Crippen LogP contribution in [0.25, 0.3) is 0 Å². The van der Waals surface area contributed by atoms with Gasteiger partial charge >= 0.3 is 0 Å². The van der Waals surface area contributed by atoms with Crippen LogP contribution in [0.4, 0.5) is 0 Å². The lowest BCUT2D eigenvalue weighted by atomic mass is 9.86. The molecule has 0 bridgehead atoms. The van der Waals surface area contributed by atoms with Gasteiger partial charge in [-0.3, -0.25) is 9.59 Å². The average Bonchev–Trinajstić information content (AvgIpc) is 3.60. The summed E-state index contributed by atoms with van der Waals surface area (Å²) in [4.78, 5) is 32.2. The topological polar surface area (TPSA) is 71.5 Å². The number of rotatable bonds is 7. The normalized spacial score (nSPS) is 17.6. The molecule has 1 N–H and O–H groups in total. The monoisotopic (exact) mass is 503 g/mol. The number of nitrogens with zero attached hydrogens (tertiary/aromatic N) is 2. The largest absolute Gasteiger partial charge is 0.486 e. The van der Waals surface area contributed by atoms with E-state index < -0.39 is 0 Å². The minimum Gasteiger partial charge on any atom is -0.486 e. The van der Waals surface area contributed by atoms with Crippen molar-refractivity contribution in [3.63, 3.8) is 0 Å². The minimum atomic E-state index is -0.165. The zero-order valence-electron chi connectivity index (χ0n) is 21.0. The Hall–Kier alpha value is -3.19. The summed E-state index contributed by atoms with van der Waals surface area (Å²) in [5.41, 5.74) is 5.16. The summed E-state index contributed by atoms with van der Waals surface area (Å²) in [6, 6.07) is 14.6. The van der Waals surface area contributed by atoms with Crippen LogP contribution in [0, 0.1) is 12.8 Å². The summed E-state index contributed by atoms with van der Waals surface area (Å²) in [6.07, 6.45) is 5.13. The second-order valence-corrected chi connectivity index (χ2v) is 10.7. The van der Waals surface area contributed by atoms with Gasteiger partial charge in [0.2, 0.25) is 5.91 Å². The molecule has 0 radical (unpaired) electrons. The molecule has 1 fully saturated rings. The van der Waals surface area contributed by atoms with Gasteiger partial charge in [-0.25, -0.2) is 4.98 Å². The first kappa shape index (κ1) is 24.5. The molecule has 1 aliphatic carbocycles. The molecule has 1 aliphatic heterocycles. The molecule has 2 aromatic carbocycles. The summed E-state index contributed by atoms with van der Waals surface area (Å²) < 4.78 is 6.12. The number of aromatic nitrogens is 1. The number of hydrogen-bond donors (Lipinski definition) is 1. The SMILES string of the molecule is CCNC(=O)c1csc(COc2ccc3c(c2)C(c2ccc(C)cc2)N(C(=O)C2CCCC2)CC3)n1. The first-order valence-corrected chi connectivity index (χ1v) is 13.8. The lowest BCUT2D eigenvalue weighted by molar-refractivity contribution is -0.137. The van der Waals surface area contributed by atoms with Crippen LogP contribution >= 0.6 is 11.3 Å². The number of ether oxygens (including phenoxy) is 1. The number of fused-ring (bicyclic) bond motifs is 1. The Morgan fingerprint density at radius 3 is 2.67 bits per heavy atom. The smallest absolute Gasteiger partial charge is 0.270 e. The van der Waals surface area contributed by atoms with Crippen molar-refractivity contribution < 1.29 is 14.3 Å². The highest BCUT2D eigenvalue weighted by molar-refractivity contribution is 7.09. The van der Waals surface area contributed by atoms with E-state index in [1.54, 1.807) is 5.38 Å². The first-order valence-electron chi connectivity index (χ1n) is 12.9. The van der Waals surface area contributed by atoms with E-state index in [1.165, 1.54) is 22.5 Å². The molecule has 1 unspecified atom stereocenters. The molecule has 2 amide bonds. The highest BCUT2D eigenvalue weighted by Crippen LogP contribution is 2.40. The maximum Gasteiger partial charge on any atom is 0.270 e. The number of amides is 2. The molecule has 5 rings (SSSR count). The molecule has 2 heterocycles. The number of nitrogens with one attached hydrogen (secondary N) is 1. The number of carbonyl (C=O) groups excluding carboxylic acids is 2. The molecule has 0 saturated heterocycles. The number of aryl methyl sites for hydroxylation is 1. The van der Waals surface area contributed by atoms with Crippen molar-refractivity contribution in [3.05, 3.63) is 80.8 Å². The fourth-order valence-electron chi connectivity index (χ4n) is 5.31. The predicted molar refractivity (Wildman–Crippen MR) is 141 cm³/mol. The third kappa shape index (κ3) is 5.16. The standard InChI is InChI=1S/C29H33N3O3S/c1-3-30-28(33)25-18-36-26(31-25)17-35-23-13-12-20-14-15-32(29(34)22-6-4-5-7-22)27(24(20)16-23)21-10-8-19(2)9-11-21/h8-13,16,18,22,27H,3-7,14-15,17H2,1-2H3,(H,30,33). The zero-order valence-corrected chi connectivity index (χ0v) is 21.8. The Bertz CT molecular complexity index is 1230. The molecular formula is C29H33N3O3S. The van der Waals surface area contributed by atoms with Gasteiger partial charge in [-0.1, -0.05) is 48.7 Å². The van der Waals surface area contributed by atoms with Crippen LogP contribution in [0.1, 0.15) is 76.4 Å². The second-order valence-electron chi connectivity index (χ2n) is 9.71. The maximum atomic E-state index is 13.6. The number of benzene rings is 2. The van der Waals surface area contributed by atoms with Crippen LogP contribution < -0.4 is 10.1 Å². The number of carbonyl (C=O) groups is 2. The van der Waals surface area contributed by atoms with E-state index in [0.717, 1.165) is 60.5 Å². The van der Waals surface area contributed by atoms with Gasteiger partial charge in [0, 0.05) is 24.4 Å². The van der Waals surface area contributed by atoms with Crippen molar-refractivity contribution in [1.29, 1.82) is 0 Å². The van der Waals surface area contributed by atoms with Gasteiger partial charge in [0.1, 0.15) is 23.1 Å². The molecule has 2 aliphatic rings. The Morgan fingerprint density at radius 2 is 1.92 bits per heavy atom. The van der Waals surface area contributed by atoms with Crippen LogP contribution in [0.3, 0.4) is 0 Å². The van der Waals surface area contributed by atoms with E-state index in [0.29, 0.717) is 18.8 Å². The van der Waals surface area contributed by atoms with Crippen LogP contribution in [-0.4, -0.2) is 34.8 Å². The molecular weight excluding hydrogens is 470 g/mol. The van der Waals surface area contributed by atoms with Gasteiger partial charge in [-0.05, 0) is 61.9 Å². The van der Waals surface area contributed by atoms with E-state index in [1.807, 2.05) is 13.0 Å². The predicted octanol–water partition coefficient (Wildman–Crippen LogP) is 5.44. The molecule has 6 nitrogen and oxygen atoms in total. The Kier molecular flexibility index (Phi) is 7.37. The van der Waals surface area contributed by atoms with Crippen LogP contribution in [0.15, 0.2) is 47.8 Å². The summed E-state index contributed by atoms with van der Waals surface area (Å²) in [5.74, 6) is 1.01. The van der Waals surface area contributed by atoms with Crippen LogP contribution in [-0.2, 0) is 17.8 Å². The molecule has 188 valence electrons. The minimum absolute atomic E-state index is 0.116. The summed E-state index contributed by atoms with van der Waals surface area (Å²) in [5, 5.41) is 5.28. The zero-order chi connectivity index (χ0) is 25.1. The van der Waals surface area contributed by atoms with Crippen molar-refractivity contribution in [3.8, 4) is 5.75 Å². The van der Waals surface area contributed by atoms with Crippen molar-refractivity contribution in [2.75, 3.05) is 13.1 Å². The van der Waals surface area contributed by atoms with Gasteiger partial charge in [0.15, 0.2) is 0 Å². The fourth-order valence-corrected chi connectivity index (χ4v) is 6.00. The number of thiazole rings is 1. The quantitative estimate of drug-likeness (QED) is 0.466. The van der Waals surface area contributed by atoms with Gasteiger partial charge in [0.05, 0.1) is 6.04 Å². The van der Waals surface area contributed by atoms with E-state index in [9.17, 15) is 9.59 Å². The van der Waals surface area contributed by atoms with Gasteiger partial charge in [0.25, 0.3) is 5.91 Å². The molecule has 7 heteroatoms. The van der Waals surface area contributed by atoms with Crippen molar-refractivity contribution >= 4 is 23.2 Å². The summed E-state index contributed by atoms with van der Waals surface area (Å²) >= 11 is 1.42. The highest BCUT2D eigenvalue weighted by atomic mass is 32.1. The average molecular weight is 504 g/mol. The number of hydrogen-bond acceptors (Lipinski definition) is 5. The molecule has 1 saturated carbocycles. The van der Waals surface area contributed by atoms with E-state index >= 15 is 0 Å². The molecule has 0 spiro atoms. The Labute approximate surface area is 216 Å². The van der Waals surface area contributed by atoms with Crippen LogP contribution in [0.2, 0.25) is 0 Å². The van der Waals surface area contributed by atoms with Crippen molar-refractivity contribution in [1.82, 2.24) is 15.2 Å². The van der Waals surface area contributed by atoms with Gasteiger partial charge in [-0.2, -0.15) is 0 Å². The van der Waals surface area contributed by atoms with E-state index in [4.69, 9.17) is 4.74 Å². The Balaban J connectivity index is 1.40. The molecule has 3 aromatic rings. The van der Waals surface area contributed by atoms with E-state index in [-0.39, 0.29) is 23.8 Å². The molecule has 36 heavy (non-hydrogen) atoms. The van der Waals surface area contributed by atoms with Crippen molar-refractivity contribution in [2.24, 2.45) is 5.92 Å². The van der Waals surface area contributed by atoms with Crippen LogP contribution in [0.5, 0.6) is 5.75 Å². The lowest BCUT2D eigenvalue weighted by Crippen LogP contribution is -2.43. The lowest BCUT2D eigenvalue weighted by Gasteiger charge is -2.39. The maximum absolute atomic E-state index is 13.6. The summed E-state index contributed by atoms with van der Waals surface area (Å²) in [7, 11) is 0. The van der Waals surface area contributed by atoms with E-state index in [2.05, 4.69) is 58.5 Å².